The summed E-state index contributed by atoms with van der Waals surface area (Å²) in [6.45, 7) is 6.54. The van der Waals surface area contributed by atoms with Crippen LogP contribution in [0.5, 0.6) is 0 Å². The summed E-state index contributed by atoms with van der Waals surface area (Å²) < 4.78 is 0. The largest absolute Gasteiger partial charge is 0.368 e. The van der Waals surface area contributed by atoms with Gasteiger partial charge in [0.05, 0.1) is 12.1 Å². The highest BCUT2D eigenvalue weighted by Crippen LogP contribution is 2.25. The first kappa shape index (κ1) is 20.6. The number of likely N-dealkylation sites (tertiary alicyclic amines) is 1. The third kappa shape index (κ3) is 5.27. The summed E-state index contributed by atoms with van der Waals surface area (Å²) in [6.07, 6.45) is 3.24. The van der Waals surface area contributed by atoms with E-state index < -0.39 is 5.41 Å². The molecule has 0 saturated carbocycles. The van der Waals surface area contributed by atoms with Crippen molar-refractivity contribution in [2.24, 2.45) is 11.1 Å². The molecule has 3 unspecified atom stereocenters. The number of rotatable bonds is 8. The number of hydrogen-bond donors (Lipinski definition) is 2. The monoisotopic (exact) mass is 340 g/mol. The van der Waals surface area contributed by atoms with Gasteiger partial charge in [0.1, 0.15) is 6.29 Å². The summed E-state index contributed by atoms with van der Waals surface area (Å²) in [6, 6.07) is -0.375. The summed E-state index contributed by atoms with van der Waals surface area (Å²) in [5.41, 5.74) is 4.92. The van der Waals surface area contributed by atoms with Gasteiger partial charge in [-0.3, -0.25) is 14.5 Å². The molecule has 0 bridgehead atoms. The van der Waals surface area contributed by atoms with Crippen molar-refractivity contribution < 1.29 is 14.4 Å². The SMILES string of the molecule is CNC(C=O)CN(CCC1CCC(C(N)=O)N1C)C(=O)C(C)(C)C. The van der Waals surface area contributed by atoms with Gasteiger partial charge in [-0.15, -0.1) is 0 Å². The van der Waals surface area contributed by atoms with Gasteiger partial charge in [-0.1, -0.05) is 20.8 Å². The number of primary amides is 1. The zero-order chi connectivity index (χ0) is 18.5. The number of amides is 2. The van der Waals surface area contributed by atoms with Crippen LogP contribution >= 0.6 is 0 Å². The fourth-order valence-electron chi connectivity index (χ4n) is 3.20. The molecule has 1 heterocycles. The maximum Gasteiger partial charge on any atom is 0.234 e. The van der Waals surface area contributed by atoms with Crippen LogP contribution in [-0.4, -0.2) is 73.2 Å². The van der Waals surface area contributed by atoms with Crippen molar-refractivity contribution in [1.29, 1.82) is 0 Å². The van der Waals surface area contributed by atoms with Gasteiger partial charge in [0, 0.05) is 24.5 Å². The quantitative estimate of drug-likeness (QED) is 0.606. The van der Waals surface area contributed by atoms with E-state index >= 15 is 0 Å². The molecule has 3 N–H and O–H groups in total. The summed E-state index contributed by atoms with van der Waals surface area (Å²) in [5.74, 6) is -0.268. The van der Waals surface area contributed by atoms with Crippen LogP contribution in [0.3, 0.4) is 0 Å². The first-order valence-electron chi connectivity index (χ1n) is 8.55. The molecule has 0 aromatic heterocycles. The highest BCUT2D eigenvalue weighted by Gasteiger charge is 2.35. The van der Waals surface area contributed by atoms with Crippen LogP contribution in [0, 0.1) is 5.41 Å². The van der Waals surface area contributed by atoms with Crippen molar-refractivity contribution >= 4 is 18.1 Å². The highest BCUT2D eigenvalue weighted by atomic mass is 16.2. The lowest BCUT2D eigenvalue weighted by atomic mass is 9.94. The van der Waals surface area contributed by atoms with E-state index in [1.807, 2.05) is 32.7 Å². The number of nitrogens with two attached hydrogens (primary N) is 1. The number of carbonyl (C=O) groups is 3. The van der Waals surface area contributed by atoms with Gasteiger partial charge < -0.3 is 20.7 Å². The van der Waals surface area contributed by atoms with Crippen molar-refractivity contribution in [3.63, 3.8) is 0 Å². The Balaban J connectivity index is 2.73. The molecule has 0 spiro atoms. The van der Waals surface area contributed by atoms with E-state index in [0.717, 1.165) is 25.5 Å². The number of nitrogens with one attached hydrogen (secondary N) is 1. The Kier molecular flexibility index (Phi) is 7.35. The fraction of sp³-hybridized carbons (Fsp3) is 0.824. The minimum Gasteiger partial charge on any atom is -0.368 e. The molecule has 7 nitrogen and oxygen atoms in total. The van der Waals surface area contributed by atoms with Crippen molar-refractivity contribution in [2.75, 3.05) is 27.2 Å². The van der Waals surface area contributed by atoms with E-state index in [1.165, 1.54) is 0 Å². The number of aldehydes is 1. The van der Waals surface area contributed by atoms with E-state index in [9.17, 15) is 14.4 Å². The summed E-state index contributed by atoms with van der Waals surface area (Å²) in [7, 11) is 3.62. The minimum absolute atomic E-state index is 0.0247. The van der Waals surface area contributed by atoms with Crippen molar-refractivity contribution in [3.8, 4) is 0 Å². The molecule has 0 aromatic carbocycles. The van der Waals surface area contributed by atoms with Crippen LogP contribution in [-0.2, 0) is 14.4 Å². The molecule has 0 radical (unpaired) electrons. The molecule has 0 aliphatic carbocycles. The average Bonchev–Trinajstić information content (AvgIpc) is 2.87. The van der Waals surface area contributed by atoms with Crippen LogP contribution in [0.4, 0.5) is 0 Å². The van der Waals surface area contributed by atoms with Gasteiger partial charge >= 0.3 is 0 Å². The predicted octanol–water partition coefficient (Wildman–Crippen LogP) is -0.0138. The van der Waals surface area contributed by atoms with Crippen LogP contribution < -0.4 is 11.1 Å². The number of likely N-dealkylation sites (N-methyl/N-ethyl adjacent to an activating group) is 2. The Morgan fingerprint density at radius 2 is 2.00 bits per heavy atom. The average molecular weight is 340 g/mol. The maximum atomic E-state index is 12.7. The second-order valence-corrected chi connectivity index (χ2v) is 7.64. The van der Waals surface area contributed by atoms with Gasteiger partial charge in [-0.25, -0.2) is 0 Å². The Labute approximate surface area is 144 Å². The third-order valence-electron chi connectivity index (χ3n) is 4.78. The molecule has 1 rings (SSSR count). The number of carbonyl (C=O) groups excluding carboxylic acids is 3. The molecule has 24 heavy (non-hydrogen) atoms. The van der Waals surface area contributed by atoms with Crippen LogP contribution in [0.2, 0.25) is 0 Å². The second kappa shape index (κ2) is 8.58. The Morgan fingerprint density at radius 1 is 1.38 bits per heavy atom. The maximum absolute atomic E-state index is 12.7. The van der Waals surface area contributed by atoms with Gasteiger partial charge in [0.2, 0.25) is 11.8 Å². The molecule has 0 aromatic rings. The normalized spacial score (nSPS) is 23.0. The van der Waals surface area contributed by atoms with E-state index in [1.54, 1.807) is 11.9 Å². The van der Waals surface area contributed by atoms with Crippen molar-refractivity contribution in [1.82, 2.24) is 15.1 Å². The molecular formula is C17H32N4O3. The zero-order valence-electron chi connectivity index (χ0n) is 15.5. The highest BCUT2D eigenvalue weighted by molar-refractivity contribution is 5.82. The second-order valence-electron chi connectivity index (χ2n) is 7.64. The predicted molar refractivity (Wildman–Crippen MR) is 93.3 cm³/mol. The van der Waals surface area contributed by atoms with E-state index in [-0.39, 0.29) is 29.9 Å². The van der Waals surface area contributed by atoms with Gasteiger partial charge in [-0.2, -0.15) is 0 Å². The van der Waals surface area contributed by atoms with E-state index in [4.69, 9.17) is 5.73 Å². The molecule has 7 heteroatoms. The molecule has 2 amide bonds. The lowest BCUT2D eigenvalue weighted by molar-refractivity contribution is -0.140. The van der Waals surface area contributed by atoms with Gasteiger partial charge in [0.15, 0.2) is 0 Å². The van der Waals surface area contributed by atoms with Gasteiger partial charge in [0.25, 0.3) is 0 Å². The van der Waals surface area contributed by atoms with E-state index in [2.05, 4.69) is 5.32 Å². The fourth-order valence-corrected chi connectivity index (χ4v) is 3.20. The van der Waals surface area contributed by atoms with Crippen LogP contribution in [0.25, 0.3) is 0 Å². The minimum atomic E-state index is -0.501. The molecular weight excluding hydrogens is 308 g/mol. The molecule has 138 valence electrons. The third-order valence-corrected chi connectivity index (χ3v) is 4.78. The van der Waals surface area contributed by atoms with Crippen molar-refractivity contribution in [2.45, 2.75) is 58.2 Å². The molecule has 1 aliphatic rings. The molecule has 3 atom stereocenters. The van der Waals surface area contributed by atoms with Crippen molar-refractivity contribution in [3.05, 3.63) is 0 Å². The number of hydrogen-bond acceptors (Lipinski definition) is 5. The lowest BCUT2D eigenvalue weighted by Gasteiger charge is -2.33. The zero-order valence-corrected chi connectivity index (χ0v) is 15.5. The topological polar surface area (TPSA) is 95.7 Å². The summed E-state index contributed by atoms with van der Waals surface area (Å²) in [4.78, 5) is 39.0. The van der Waals surface area contributed by atoms with Crippen LogP contribution in [0.1, 0.15) is 40.0 Å². The lowest BCUT2D eigenvalue weighted by Crippen LogP contribution is -2.49. The Hall–Kier alpha value is -1.47. The van der Waals surface area contributed by atoms with Crippen LogP contribution in [0.15, 0.2) is 0 Å². The van der Waals surface area contributed by atoms with E-state index in [0.29, 0.717) is 13.1 Å². The first-order chi connectivity index (χ1) is 11.1. The smallest absolute Gasteiger partial charge is 0.234 e. The summed E-state index contributed by atoms with van der Waals surface area (Å²) in [5, 5.41) is 2.91. The van der Waals surface area contributed by atoms with Gasteiger partial charge in [-0.05, 0) is 33.4 Å². The Bertz CT molecular complexity index is 461. The summed E-state index contributed by atoms with van der Waals surface area (Å²) >= 11 is 0. The Morgan fingerprint density at radius 3 is 2.42 bits per heavy atom. The standard InChI is InChI=1S/C17H32N4O3/c1-17(2,3)16(24)21(10-12(11-22)19-4)9-8-13-6-7-14(15(18)23)20(13)5/h11-14,19H,6-10H2,1-5H3,(H2,18,23). The first-order valence-corrected chi connectivity index (χ1v) is 8.55. The molecule has 1 fully saturated rings. The molecule has 1 saturated heterocycles. The molecule has 1 aliphatic heterocycles. The number of nitrogens with zero attached hydrogens (tertiary/aromatic N) is 2.